The van der Waals surface area contributed by atoms with Gasteiger partial charge in [-0.2, -0.15) is 0 Å². The van der Waals surface area contributed by atoms with Crippen molar-refractivity contribution in [3.05, 3.63) is 77.8 Å². The minimum absolute atomic E-state index is 0.121. The molecule has 0 aliphatic heterocycles. The maximum atomic E-state index is 12.5. The molecular formula is C24H20ClN3O2S. The van der Waals surface area contributed by atoms with Crippen LogP contribution < -0.4 is 10.1 Å². The highest BCUT2D eigenvalue weighted by molar-refractivity contribution is 8.00. The number of halogens is 1. The third-order valence-electron chi connectivity index (χ3n) is 4.44. The van der Waals surface area contributed by atoms with Gasteiger partial charge in [0.1, 0.15) is 10.8 Å². The van der Waals surface area contributed by atoms with Crippen LogP contribution in [0.3, 0.4) is 0 Å². The zero-order valence-corrected chi connectivity index (χ0v) is 18.4. The molecule has 0 aliphatic rings. The summed E-state index contributed by atoms with van der Waals surface area (Å²) in [6.07, 6.45) is 0. The molecule has 1 N–H and O–H groups in total. The topological polar surface area (TPSA) is 64.1 Å². The van der Waals surface area contributed by atoms with Crippen molar-refractivity contribution >= 4 is 45.9 Å². The van der Waals surface area contributed by atoms with E-state index in [0.29, 0.717) is 22.5 Å². The number of anilines is 1. The van der Waals surface area contributed by atoms with Gasteiger partial charge in [0.15, 0.2) is 5.82 Å². The number of hydrogen-bond donors (Lipinski definition) is 1. The lowest BCUT2D eigenvalue weighted by atomic mass is 10.2. The normalized spacial score (nSPS) is 10.8. The Labute approximate surface area is 189 Å². The van der Waals surface area contributed by atoms with Gasteiger partial charge in [0, 0.05) is 21.7 Å². The fourth-order valence-electron chi connectivity index (χ4n) is 3.03. The minimum Gasteiger partial charge on any atom is -0.494 e. The second kappa shape index (κ2) is 9.81. The van der Waals surface area contributed by atoms with E-state index in [9.17, 15) is 4.79 Å². The Kier molecular flexibility index (Phi) is 6.70. The second-order valence-electron chi connectivity index (χ2n) is 6.67. The lowest BCUT2D eigenvalue weighted by Crippen LogP contribution is -2.14. The van der Waals surface area contributed by atoms with E-state index in [2.05, 4.69) is 10.3 Å². The maximum Gasteiger partial charge on any atom is 0.234 e. The van der Waals surface area contributed by atoms with Crippen LogP contribution in [-0.2, 0) is 4.79 Å². The molecule has 3 aromatic carbocycles. The molecule has 0 atom stereocenters. The summed E-state index contributed by atoms with van der Waals surface area (Å²) < 4.78 is 5.43. The van der Waals surface area contributed by atoms with Crippen LogP contribution in [0.5, 0.6) is 5.75 Å². The molecule has 0 spiro atoms. The molecule has 0 fully saturated rings. The molecule has 0 radical (unpaired) electrons. The van der Waals surface area contributed by atoms with E-state index in [1.165, 1.54) is 11.8 Å². The molecule has 4 rings (SSSR count). The Morgan fingerprint density at radius 1 is 1.03 bits per heavy atom. The Hall–Kier alpha value is -3.09. The van der Waals surface area contributed by atoms with Gasteiger partial charge in [-0.15, -0.1) is 0 Å². The van der Waals surface area contributed by atoms with E-state index in [1.54, 1.807) is 6.07 Å². The molecule has 156 valence electrons. The number of nitrogens with zero attached hydrogens (tertiary/aromatic N) is 2. The van der Waals surface area contributed by atoms with Crippen LogP contribution in [0.4, 0.5) is 5.69 Å². The summed E-state index contributed by atoms with van der Waals surface area (Å²) in [5, 5.41) is 5.04. The van der Waals surface area contributed by atoms with Crippen LogP contribution in [0.25, 0.3) is 22.3 Å². The number of fused-ring (bicyclic) bond motifs is 1. The smallest absolute Gasteiger partial charge is 0.234 e. The first kappa shape index (κ1) is 21.2. The largest absolute Gasteiger partial charge is 0.494 e. The van der Waals surface area contributed by atoms with Gasteiger partial charge in [0.25, 0.3) is 0 Å². The number of amides is 1. The highest BCUT2D eigenvalue weighted by Crippen LogP contribution is 2.30. The number of ether oxygens (including phenoxy) is 1. The highest BCUT2D eigenvalue weighted by atomic mass is 35.5. The molecule has 1 amide bonds. The Balaban J connectivity index is 1.54. The number of hydrogen-bond acceptors (Lipinski definition) is 5. The molecule has 5 nitrogen and oxygen atoms in total. The van der Waals surface area contributed by atoms with Crippen LogP contribution in [0.1, 0.15) is 6.92 Å². The van der Waals surface area contributed by atoms with Crippen LogP contribution in [0, 0.1) is 0 Å². The standard InChI is InChI=1S/C24H20ClN3O2S/c1-2-30-19-11-9-18(10-12-19)26-22(29)15-31-24-20-14-17(25)8-13-21(20)27-23(28-24)16-6-4-3-5-7-16/h3-14H,2,15H2,1H3,(H,26,29). The van der Waals surface area contributed by atoms with Gasteiger partial charge in [-0.1, -0.05) is 53.7 Å². The molecule has 0 saturated carbocycles. The number of carbonyl (C=O) groups excluding carboxylic acids is 1. The van der Waals surface area contributed by atoms with E-state index in [4.69, 9.17) is 21.3 Å². The third-order valence-corrected chi connectivity index (χ3v) is 5.67. The van der Waals surface area contributed by atoms with Crippen LogP contribution >= 0.6 is 23.4 Å². The molecule has 1 heterocycles. The summed E-state index contributed by atoms with van der Waals surface area (Å²) >= 11 is 7.56. The van der Waals surface area contributed by atoms with Crippen molar-refractivity contribution in [1.82, 2.24) is 9.97 Å². The lowest BCUT2D eigenvalue weighted by Gasteiger charge is -2.10. The Morgan fingerprint density at radius 2 is 1.81 bits per heavy atom. The number of aromatic nitrogens is 2. The van der Waals surface area contributed by atoms with Crippen LogP contribution in [0.2, 0.25) is 5.02 Å². The third kappa shape index (κ3) is 5.34. The van der Waals surface area contributed by atoms with Crippen molar-refractivity contribution in [2.24, 2.45) is 0 Å². The van der Waals surface area contributed by atoms with Crippen LogP contribution in [-0.4, -0.2) is 28.2 Å². The number of thioether (sulfide) groups is 1. The van der Waals surface area contributed by atoms with Crippen molar-refractivity contribution in [3.63, 3.8) is 0 Å². The van der Waals surface area contributed by atoms with Gasteiger partial charge < -0.3 is 10.1 Å². The molecule has 4 aromatic rings. The first-order valence-corrected chi connectivity index (χ1v) is 11.2. The Morgan fingerprint density at radius 3 is 2.55 bits per heavy atom. The molecular weight excluding hydrogens is 430 g/mol. The van der Waals surface area contributed by atoms with E-state index in [1.807, 2.05) is 73.7 Å². The molecule has 0 aliphatic carbocycles. The average Bonchev–Trinajstić information content (AvgIpc) is 2.79. The summed E-state index contributed by atoms with van der Waals surface area (Å²) in [5.74, 6) is 1.47. The molecule has 31 heavy (non-hydrogen) atoms. The van der Waals surface area contributed by atoms with Crippen molar-refractivity contribution in [2.75, 3.05) is 17.7 Å². The first-order chi connectivity index (χ1) is 15.1. The molecule has 0 saturated heterocycles. The van der Waals surface area contributed by atoms with Gasteiger partial charge in [-0.05, 0) is 49.4 Å². The molecule has 0 unspecified atom stereocenters. The fraction of sp³-hybridized carbons (Fsp3) is 0.125. The van der Waals surface area contributed by atoms with E-state index in [0.717, 1.165) is 27.9 Å². The van der Waals surface area contributed by atoms with Gasteiger partial charge in [-0.25, -0.2) is 9.97 Å². The highest BCUT2D eigenvalue weighted by Gasteiger charge is 2.13. The molecule has 7 heteroatoms. The Bertz CT molecular complexity index is 1200. The minimum atomic E-state index is -0.121. The van der Waals surface area contributed by atoms with Gasteiger partial charge in [0.2, 0.25) is 5.91 Å². The van der Waals surface area contributed by atoms with E-state index in [-0.39, 0.29) is 11.7 Å². The van der Waals surface area contributed by atoms with Crippen molar-refractivity contribution in [2.45, 2.75) is 11.9 Å². The molecule has 0 bridgehead atoms. The first-order valence-electron chi connectivity index (χ1n) is 9.80. The lowest BCUT2D eigenvalue weighted by molar-refractivity contribution is -0.113. The van der Waals surface area contributed by atoms with Gasteiger partial charge in [0.05, 0.1) is 17.9 Å². The summed E-state index contributed by atoms with van der Waals surface area (Å²) in [5.41, 5.74) is 2.42. The predicted octanol–water partition coefficient (Wildman–Crippen LogP) is 6.08. The zero-order chi connectivity index (χ0) is 21.6. The summed E-state index contributed by atoms with van der Waals surface area (Å²) in [6, 6.07) is 22.6. The SMILES string of the molecule is CCOc1ccc(NC(=O)CSc2nc(-c3ccccc3)nc3ccc(Cl)cc23)cc1. The van der Waals surface area contributed by atoms with Crippen LogP contribution in [0.15, 0.2) is 77.8 Å². The fourth-order valence-corrected chi connectivity index (χ4v) is 4.01. The number of benzene rings is 3. The van der Waals surface area contributed by atoms with Gasteiger partial charge in [-0.3, -0.25) is 4.79 Å². The van der Waals surface area contributed by atoms with Crippen molar-refractivity contribution in [3.8, 4) is 17.1 Å². The van der Waals surface area contributed by atoms with E-state index < -0.39 is 0 Å². The van der Waals surface area contributed by atoms with Crippen molar-refractivity contribution in [1.29, 1.82) is 0 Å². The number of rotatable bonds is 7. The van der Waals surface area contributed by atoms with E-state index >= 15 is 0 Å². The zero-order valence-electron chi connectivity index (χ0n) is 16.8. The van der Waals surface area contributed by atoms with Gasteiger partial charge >= 0.3 is 0 Å². The monoisotopic (exact) mass is 449 g/mol. The predicted molar refractivity (Wildman–Crippen MR) is 127 cm³/mol. The summed E-state index contributed by atoms with van der Waals surface area (Å²) in [4.78, 5) is 21.9. The summed E-state index contributed by atoms with van der Waals surface area (Å²) in [7, 11) is 0. The summed E-state index contributed by atoms with van der Waals surface area (Å²) in [6.45, 7) is 2.53. The second-order valence-corrected chi connectivity index (χ2v) is 8.07. The average molecular weight is 450 g/mol. The molecule has 1 aromatic heterocycles. The number of carbonyl (C=O) groups is 1. The quantitative estimate of drug-likeness (QED) is 0.273. The van der Waals surface area contributed by atoms with Crippen molar-refractivity contribution < 1.29 is 9.53 Å². The maximum absolute atomic E-state index is 12.5. The number of nitrogens with one attached hydrogen (secondary N) is 1.